The van der Waals surface area contributed by atoms with Crippen LogP contribution in [0.1, 0.15) is 26.7 Å². The van der Waals surface area contributed by atoms with E-state index in [4.69, 9.17) is 4.74 Å². The number of nitrogens with zero attached hydrogens (tertiary/aromatic N) is 1. The molecule has 0 unspecified atom stereocenters. The van der Waals surface area contributed by atoms with Crippen molar-refractivity contribution in [3.8, 4) is 5.88 Å². The molecule has 0 aliphatic heterocycles. The Bertz CT molecular complexity index is 321. The maximum absolute atomic E-state index is 5.33. The molecule has 2 rings (SSSR count). The van der Waals surface area contributed by atoms with Gasteiger partial charge in [-0.05, 0) is 32.8 Å². The lowest BCUT2D eigenvalue weighted by atomic mass is 10.3. The molecule has 1 N–H and O–H groups in total. The molecule has 0 spiro atoms. The molecule has 0 amide bonds. The molecule has 14 heavy (non-hydrogen) atoms. The van der Waals surface area contributed by atoms with Crippen molar-refractivity contribution in [2.24, 2.45) is 0 Å². The molecule has 1 heterocycles. The molecule has 0 atom stereocenters. The van der Waals surface area contributed by atoms with Gasteiger partial charge in [0.15, 0.2) is 0 Å². The molecule has 1 saturated carbocycles. The van der Waals surface area contributed by atoms with E-state index in [0.29, 0.717) is 12.5 Å². The van der Waals surface area contributed by atoms with Crippen LogP contribution in [0, 0.1) is 0 Å². The molecule has 0 radical (unpaired) electrons. The summed E-state index contributed by atoms with van der Waals surface area (Å²) in [5, 5.41) is 3.40. The molecule has 1 fully saturated rings. The average molecular weight is 192 g/mol. The van der Waals surface area contributed by atoms with Crippen molar-refractivity contribution in [1.82, 2.24) is 4.98 Å². The number of rotatable bonds is 4. The van der Waals surface area contributed by atoms with Gasteiger partial charge in [0.2, 0.25) is 5.88 Å². The molecule has 0 aromatic carbocycles. The minimum atomic E-state index is 0.276. The fourth-order valence-electron chi connectivity index (χ4n) is 1.33. The zero-order valence-corrected chi connectivity index (χ0v) is 8.71. The van der Waals surface area contributed by atoms with E-state index in [-0.39, 0.29) is 5.54 Å². The van der Waals surface area contributed by atoms with Crippen molar-refractivity contribution in [2.45, 2.75) is 32.2 Å². The second kappa shape index (κ2) is 3.48. The third-order valence-corrected chi connectivity index (χ3v) is 2.45. The minimum absolute atomic E-state index is 0.276. The van der Waals surface area contributed by atoms with Crippen LogP contribution in [0.3, 0.4) is 0 Å². The number of aromatic nitrogens is 1. The molecule has 1 aliphatic rings. The number of anilines is 1. The first-order valence-electron chi connectivity index (χ1n) is 5.10. The Labute approximate surface area is 84.5 Å². The van der Waals surface area contributed by atoms with E-state index in [1.54, 1.807) is 0 Å². The van der Waals surface area contributed by atoms with Crippen molar-refractivity contribution in [3.63, 3.8) is 0 Å². The van der Waals surface area contributed by atoms with E-state index in [1.807, 2.05) is 25.1 Å². The molecule has 76 valence electrons. The normalized spacial score (nSPS) is 17.6. The molecular weight excluding hydrogens is 176 g/mol. The third-order valence-electron chi connectivity index (χ3n) is 2.45. The Balaban J connectivity index is 2.06. The Kier molecular flexibility index (Phi) is 2.32. The van der Waals surface area contributed by atoms with Crippen molar-refractivity contribution in [2.75, 3.05) is 11.9 Å². The summed E-state index contributed by atoms with van der Waals surface area (Å²) < 4.78 is 5.33. The highest BCUT2D eigenvalue weighted by molar-refractivity contribution is 5.41. The maximum atomic E-state index is 5.33. The Hall–Kier alpha value is -1.25. The van der Waals surface area contributed by atoms with Gasteiger partial charge in [0.1, 0.15) is 5.82 Å². The summed E-state index contributed by atoms with van der Waals surface area (Å²) >= 11 is 0. The van der Waals surface area contributed by atoms with Gasteiger partial charge >= 0.3 is 0 Å². The molecular formula is C11H16N2O. The molecule has 0 bridgehead atoms. The zero-order chi connectivity index (χ0) is 10.0. The van der Waals surface area contributed by atoms with Crippen LogP contribution in [-0.4, -0.2) is 17.1 Å². The summed E-state index contributed by atoms with van der Waals surface area (Å²) in [7, 11) is 0. The van der Waals surface area contributed by atoms with Gasteiger partial charge in [0.25, 0.3) is 0 Å². The first-order chi connectivity index (χ1) is 6.72. The summed E-state index contributed by atoms with van der Waals surface area (Å²) in [5.41, 5.74) is 0.276. The van der Waals surface area contributed by atoms with Crippen LogP contribution < -0.4 is 10.1 Å². The number of nitrogens with one attached hydrogen (secondary N) is 1. The van der Waals surface area contributed by atoms with Crippen molar-refractivity contribution in [3.05, 3.63) is 18.2 Å². The number of ether oxygens (including phenoxy) is 1. The maximum Gasteiger partial charge on any atom is 0.215 e. The van der Waals surface area contributed by atoms with Gasteiger partial charge in [-0.3, -0.25) is 0 Å². The highest BCUT2D eigenvalue weighted by atomic mass is 16.5. The molecule has 0 saturated heterocycles. The molecule has 3 heteroatoms. The van der Waals surface area contributed by atoms with Gasteiger partial charge in [0, 0.05) is 11.6 Å². The summed E-state index contributed by atoms with van der Waals surface area (Å²) in [6.45, 7) is 4.83. The van der Waals surface area contributed by atoms with E-state index in [9.17, 15) is 0 Å². The van der Waals surface area contributed by atoms with Gasteiger partial charge in [-0.2, -0.15) is 4.98 Å². The lowest BCUT2D eigenvalue weighted by Gasteiger charge is -2.12. The summed E-state index contributed by atoms with van der Waals surface area (Å²) in [6.07, 6.45) is 2.46. The van der Waals surface area contributed by atoms with E-state index >= 15 is 0 Å². The Morgan fingerprint density at radius 3 is 2.93 bits per heavy atom. The van der Waals surface area contributed by atoms with Crippen LogP contribution in [0.5, 0.6) is 5.88 Å². The number of hydrogen-bond acceptors (Lipinski definition) is 3. The van der Waals surface area contributed by atoms with E-state index in [2.05, 4.69) is 17.2 Å². The predicted octanol–water partition coefficient (Wildman–Crippen LogP) is 2.44. The molecule has 3 nitrogen and oxygen atoms in total. The summed E-state index contributed by atoms with van der Waals surface area (Å²) in [6, 6.07) is 5.82. The number of hydrogen-bond donors (Lipinski definition) is 1. The minimum Gasteiger partial charge on any atom is -0.478 e. The fraction of sp³-hybridized carbons (Fsp3) is 0.545. The van der Waals surface area contributed by atoms with E-state index in [1.165, 1.54) is 12.8 Å². The van der Waals surface area contributed by atoms with E-state index < -0.39 is 0 Å². The van der Waals surface area contributed by atoms with Crippen LogP contribution in [0.2, 0.25) is 0 Å². The topological polar surface area (TPSA) is 34.1 Å². The van der Waals surface area contributed by atoms with Crippen molar-refractivity contribution < 1.29 is 4.74 Å². The fourth-order valence-corrected chi connectivity index (χ4v) is 1.33. The van der Waals surface area contributed by atoms with Gasteiger partial charge in [-0.15, -0.1) is 0 Å². The largest absolute Gasteiger partial charge is 0.478 e. The van der Waals surface area contributed by atoms with Crippen LogP contribution in [-0.2, 0) is 0 Å². The second-order valence-electron chi connectivity index (χ2n) is 3.98. The first kappa shape index (κ1) is 9.31. The monoisotopic (exact) mass is 192 g/mol. The van der Waals surface area contributed by atoms with Crippen molar-refractivity contribution in [1.29, 1.82) is 0 Å². The second-order valence-corrected chi connectivity index (χ2v) is 3.98. The SMILES string of the molecule is CCOc1cccc(NC2(C)CC2)n1. The lowest BCUT2D eigenvalue weighted by Crippen LogP contribution is -2.16. The Morgan fingerprint density at radius 1 is 1.50 bits per heavy atom. The lowest BCUT2D eigenvalue weighted by molar-refractivity contribution is 0.327. The predicted molar refractivity (Wildman–Crippen MR) is 56.7 cm³/mol. The van der Waals surface area contributed by atoms with Crippen molar-refractivity contribution >= 4 is 5.82 Å². The summed E-state index contributed by atoms with van der Waals surface area (Å²) in [4.78, 5) is 4.35. The smallest absolute Gasteiger partial charge is 0.215 e. The van der Waals surface area contributed by atoms with Gasteiger partial charge in [-0.25, -0.2) is 0 Å². The number of pyridine rings is 1. The first-order valence-corrected chi connectivity index (χ1v) is 5.10. The van der Waals surface area contributed by atoms with E-state index in [0.717, 1.165) is 5.82 Å². The zero-order valence-electron chi connectivity index (χ0n) is 8.71. The molecule has 1 aromatic heterocycles. The van der Waals surface area contributed by atoms with Gasteiger partial charge in [0.05, 0.1) is 6.61 Å². The standard InChI is InChI=1S/C11H16N2O/c1-3-14-10-6-4-5-9(12-10)13-11(2)7-8-11/h4-6H,3,7-8H2,1-2H3,(H,12,13). The summed E-state index contributed by atoms with van der Waals surface area (Å²) in [5.74, 6) is 1.61. The van der Waals surface area contributed by atoms with Crippen LogP contribution >= 0.6 is 0 Å². The quantitative estimate of drug-likeness (QED) is 0.795. The molecule has 1 aromatic rings. The van der Waals surface area contributed by atoms with Crippen LogP contribution in [0.15, 0.2) is 18.2 Å². The third kappa shape index (κ3) is 2.16. The molecule has 1 aliphatic carbocycles. The van der Waals surface area contributed by atoms with Crippen LogP contribution in [0.4, 0.5) is 5.82 Å². The highest BCUT2D eigenvalue weighted by Gasteiger charge is 2.37. The van der Waals surface area contributed by atoms with Gasteiger partial charge < -0.3 is 10.1 Å². The Morgan fingerprint density at radius 2 is 2.29 bits per heavy atom. The highest BCUT2D eigenvalue weighted by Crippen LogP contribution is 2.37. The van der Waals surface area contributed by atoms with Crippen LogP contribution in [0.25, 0.3) is 0 Å². The van der Waals surface area contributed by atoms with Gasteiger partial charge in [-0.1, -0.05) is 6.07 Å². The average Bonchev–Trinajstić information content (AvgIpc) is 2.84.